The Balaban J connectivity index is 1.46. The van der Waals surface area contributed by atoms with Crippen molar-refractivity contribution in [3.63, 3.8) is 0 Å². The quantitative estimate of drug-likeness (QED) is 0.460. The summed E-state index contributed by atoms with van der Waals surface area (Å²) in [5, 5.41) is 2.97. The number of fused-ring (bicyclic) bond motifs is 1. The van der Waals surface area contributed by atoms with Crippen molar-refractivity contribution in [2.75, 3.05) is 26.7 Å². The largest absolute Gasteiger partial charge is 0.497 e. The van der Waals surface area contributed by atoms with E-state index in [2.05, 4.69) is 10.2 Å². The molecule has 1 saturated heterocycles. The van der Waals surface area contributed by atoms with Crippen LogP contribution in [0.5, 0.6) is 5.75 Å². The highest BCUT2D eigenvalue weighted by Crippen LogP contribution is 2.37. The Kier molecular flexibility index (Phi) is 8.11. The molecule has 3 aromatic rings. The summed E-state index contributed by atoms with van der Waals surface area (Å²) in [4.78, 5) is 40.3. The van der Waals surface area contributed by atoms with Crippen LogP contribution in [0.15, 0.2) is 53.3 Å². The van der Waals surface area contributed by atoms with E-state index in [1.54, 1.807) is 17.7 Å². The number of nitrogens with one attached hydrogen (secondary N) is 1. The molecule has 2 amide bonds. The van der Waals surface area contributed by atoms with Gasteiger partial charge in [0, 0.05) is 37.7 Å². The maximum atomic E-state index is 13.1. The fourth-order valence-corrected chi connectivity index (χ4v) is 5.50. The average molecular weight is 524 g/mol. The van der Waals surface area contributed by atoms with E-state index in [0.717, 1.165) is 23.9 Å². The van der Waals surface area contributed by atoms with Crippen molar-refractivity contribution >= 4 is 23.2 Å². The Morgan fingerprint density at radius 1 is 1.08 bits per heavy atom. The Morgan fingerprint density at radius 2 is 1.71 bits per heavy atom. The standard InChI is InChI=1S/C28H37N5O5/c1-5-28(38-25(29)34,21-10-12-22(37-4)13-11-21)31-16-14-20(15-17-31)18-30-26(35)33-24-9-7-6-8-23(24)32(19(2)3)27(33)36/h6-13,19-20H,5,14-18H2,1-4H3,(H2,29,34)(H,30,35). The number of imidazole rings is 1. The van der Waals surface area contributed by atoms with Gasteiger partial charge in [0.1, 0.15) is 5.75 Å². The molecular formula is C28H37N5O5. The molecule has 2 aromatic carbocycles. The first kappa shape index (κ1) is 27.3. The molecule has 0 radical (unpaired) electrons. The maximum Gasteiger partial charge on any atom is 0.406 e. The third-order valence-electron chi connectivity index (χ3n) is 7.46. The van der Waals surface area contributed by atoms with E-state index in [-0.39, 0.29) is 17.6 Å². The Morgan fingerprint density at radius 3 is 2.26 bits per heavy atom. The minimum atomic E-state index is -0.988. The average Bonchev–Trinajstić information content (AvgIpc) is 3.22. The van der Waals surface area contributed by atoms with Crippen LogP contribution in [-0.4, -0.2) is 52.9 Å². The molecule has 1 fully saturated rings. The van der Waals surface area contributed by atoms with Crippen LogP contribution >= 0.6 is 0 Å². The lowest BCUT2D eigenvalue weighted by atomic mass is 9.91. The Bertz CT molecular complexity index is 1340. The summed E-state index contributed by atoms with van der Waals surface area (Å²) in [5.41, 5.74) is 6.32. The van der Waals surface area contributed by atoms with E-state index in [1.165, 1.54) is 4.57 Å². The van der Waals surface area contributed by atoms with Crippen molar-refractivity contribution in [3.05, 3.63) is 64.6 Å². The molecule has 0 bridgehead atoms. The number of carbonyl (C=O) groups excluding carboxylic acids is 2. The molecule has 1 aliphatic rings. The van der Waals surface area contributed by atoms with Gasteiger partial charge in [-0.05, 0) is 69.0 Å². The summed E-state index contributed by atoms with van der Waals surface area (Å²) in [6.45, 7) is 7.56. The first-order valence-electron chi connectivity index (χ1n) is 13.1. The number of aromatic nitrogens is 2. The zero-order valence-electron chi connectivity index (χ0n) is 22.5. The number of rotatable bonds is 8. The number of methoxy groups -OCH3 is 1. The lowest BCUT2D eigenvalue weighted by Crippen LogP contribution is -2.53. The van der Waals surface area contributed by atoms with Crippen molar-refractivity contribution < 1.29 is 19.1 Å². The highest BCUT2D eigenvalue weighted by molar-refractivity contribution is 5.89. The van der Waals surface area contributed by atoms with E-state index < -0.39 is 17.8 Å². The van der Waals surface area contributed by atoms with Crippen molar-refractivity contribution in [1.82, 2.24) is 19.4 Å². The molecule has 3 N–H and O–H groups in total. The fourth-order valence-electron chi connectivity index (χ4n) is 5.50. The van der Waals surface area contributed by atoms with Crippen molar-refractivity contribution in [3.8, 4) is 5.75 Å². The number of para-hydroxylation sites is 2. The summed E-state index contributed by atoms with van der Waals surface area (Å²) < 4.78 is 13.9. The number of amides is 2. The highest BCUT2D eigenvalue weighted by atomic mass is 16.6. The second kappa shape index (κ2) is 11.3. The number of primary amides is 1. The lowest BCUT2D eigenvalue weighted by Gasteiger charge is -2.45. The highest BCUT2D eigenvalue weighted by Gasteiger charge is 2.42. The number of piperidine rings is 1. The number of benzene rings is 2. The molecule has 204 valence electrons. The van der Waals surface area contributed by atoms with Gasteiger partial charge in [0.2, 0.25) is 0 Å². The third kappa shape index (κ3) is 5.13. The minimum Gasteiger partial charge on any atom is -0.497 e. The van der Waals surface area contributed by atoms with E-state index in [4.69, 9.17) is 15.2 Å². The van der Waals surface area contributed by atoms with Gasteiger partial charge in [-0.2, -0.15) is 0 Å². The third-order valence-corrected chi connectivity index (χ3v) is 7.46. The Labute approximate surface area is 222 Å². The number of hydrogen-bond donors (Lipinski definition) is 2. The van der Waals surface area contributed by atoms with Gasteiger partial charge in [0.05, 0.1) is 18.1 Å². The van der Waals surface area contributed by atoms with Gasteiger partial charge in [-0.25, -0.2) is 19.0 Å². The molecule has 38 heavy (non-hydrogen) atoms. The van der Waals surface area contributed by atoms with Gasteiger partial charge < -0.3 is 20.5 Å². The topological polar surface area (TPSA) is 121 Å². The molecule has 1 aliphatic heterocycles. The fraction of sp³-hybridized carbons (Fsp3) is 0.464. The first-order valence-corrected chi connectivity index (χ1v) is 13.1. The van der Waals surface area contributed by atoms with Gasteiger partial charge in [0.15, 0.2) is 5.72 Å². The monoisotopic (exact) mass is 523 g/mol. The van der Waals surface area contributed by atoms with E-state index in [9.17, 15) is 14.4 Å². The van der Waals surface area contributed by atoms with Gasteiger partial charge >= 0.3 is 17.8 Å². The van der Waals surface area contributed by atoms with E-state index >= 15 is 0 Å². The van der Waals surface area contributed by atoms with Crippen LogP contribution in [0.1, 0.15) is 51.6 Å². The van der Waals surface area contributed by atoms with Crippen LogP contribution in [0.4, 0.5) is 9.59 Å². The van der Waals surface area contributed by atoms with Crippen molar-refractivity contribution in [1.29, 1.82) is 0 Å². The van der Waals surface area contributed by atoms with Crippen LogP contribution in [0, 0.1) is 5.92 Å². The molecule has 2 heterocycles. The molecular weight excluding hydrogens is 486 g/mol. The molecule has 0 aliphatic carbocycles. The second-order valence-corrected chi connectivity index (χ2v) is 9.97. The Hall–Kier alpha value is -3.79. The molecule has 1 atom stereocenters. The van der Waals surface area contributed by atoms with E-state index in [0.29, 0.717) is 37.3 Å². The van der Waals surface area contributed by atoms with E-state index in [1.807, 2.05) is 63.2 Å². The minimum absolute atomic E-state index is 0.0714. The number of ether oxygens (including phenoxy) is 2. The molecule has 1 aromatic heterocycles. The molecule has 4 rings (SSSR count). The number of nitrogens with two attached hydrogens (primary N) is 1. The van der Waals surface area contributed by atoms with Crippen LogP contribution in [0.3, 0.4) is 0 Å². The molecule has 10 heteroatoms. The number of nitrogens with zero attached hydrogens (tertiary/aromatic N) is 3. The zero-order valence-corrected chi connectivity index (χ0v) is 22.5. The van der Waals surface area contributed by atoms with Gasteiger partial charge in [-0.3, -0.25) is 9.47 Å². The predicted molar refractivity (Wildman–Crippen MR) is 145 cm³/mol. The van der Waals surface area contributed by atoms with Crippen molar-refractivity contribution in [2.24, 2.45) is 11.7 Å². The van der Waals surface area contributed by atoms with Crippen LogP contribution in [0.25, 0.3) is 11.0 Å². The molecule has 0 spiro atoms. The van der Waals surface area contributed by atoms with Crippen LogP contribution in [0.2, 0.25) is 0 Å². The summed E-state index contributed by atoms with van der Waals surface area (Å²) in [5.74, 6) is 0.922. The van der Waals surface area contributed by atoms with Gasteiger partial charge in [-0.15, -0.1) is 0 Å². The van der Waals surface area contributed by atoms with Crippen LogP contribution < -0.4 is 21.5 Å². The molecule has 0 saturated carbocycles. The summed E-state index contributed by atoms with van der Waals surface area (Å²) in [6, 6.07) is 14.3. The molecule has 1 unspecified atom stereocenters. The first-order chi connectivity index (χ1) is 18.2. The number of carbonyl (C=O) groups is 2. The summed E-state index contributed by atoms with van der Waals surface area (Å²) in [6.07, 6.45) is 1.25. The maximum absolute atomic E-state index is 13.1. The summed E-state index contributed by atoms with van der Waals surface area (Å²) >= 11 is 0. The SMILES string of the molecule is CCC(OC(N)=O)(c1ccc(OC)cc1)N1CCC(CNC(=O)n2c(=O)n(C(C)C)c3ccccc32)CC1. The van der Waals surface area contributed by atoms with Crippen molar-refractivity contribution in [2.45, 2.75) is 51.8 Å². The van der Waals surface area contributed by atoms with Crippen LogP contribution in [-0.2, 0) is 10.5 Å². The molecule has 10 nitrogen and oxygen atoms in total. The number of likely N-dealkylation sites (tertiary alicyclic amines) is 1. The normalized spacial score (nSPS) is 16.3. The smallest absolute Gasteiger partial charge is 0.406 e. The second-order valence-electron chi connectivity index (χ2n) is 9.97. The summed E-state index contributed by atoms with van der Waals surface area (Å²) in [7, 11) is 1.60. The van der Waals surface area contributed by atoms with Gasteiger partial charge in [0.25, 0.3) is 0 Å². The predicted octanol–water partition coefficient (Wildman–Crippen LogP) is 4.02. The zero-order chi connectivity index (χ0) is 27.4. The lowest BCUT2D eigenvalue weighted by molar-refractivity contribution is -0.132. The van der Waals surface area contributed by atoms with Gasteiger partial charge in [-0.1, -0.05) is 19.1 Å². The number of hydrogen-bond acceptors (Lipinski definition) is 6.